The summed E-state index contributed by atoms with van der Waals surface area (Å²) in [5.41, 5.74) is 1.19. The number of pyridine rings is 1. The van der Waals surface area contributed by atoms with Gasteiger partial charge in [-0.3, -0.25) is 19.7 Å². The Morgan fingerprint density at radius 3 is 2.85 bits per heavy atom. The van der Waals surface area contributed by atoms with Gasteiger partial charge in [-0.25, -0.2) is 4.98 Å². The molecule has 0 aliphatic carbocycles. The highest BCUT2D eigenvalue weighted by molar-refractivity contribution is 5.91. The zero-order valence-electron chi connectivity index (χ0n) is 10.9. The van der Waals surface area contributed by atoms with Gasteiger partial charge in [-0.15, -0.1) is 0 Å². The van der Waals surface area contributed by atoms with Gasteiger partial charge in [0.1, 0.15) is 11.5 Å². The molecule has 2 aromatic heterocycles. The second-order valence-corrected chi connectivity index (χ2v) is 4.33. The largest absolute Gasteiger partial charge is 0.302 e. The minimum Gasteiger partial charge on any atom is -0.298 e. The van der Waals surface area contributed by atoms with Crippen molar-refractivity contribution in [3.05, 3.63) is 58.8 Å². The van der Waals surface area contributed by atoms with Crippen molar-refractivity contribution in [1.29, 1.82) is 0 Å². The summed E-state index contributed by atoms with van der Waals surface area (Å²) in [4.78, 5) is 19.5. The highest BCUT2D eigenvalue weighted by atomic mass is 16.6. The summed E-state index contributed by atoms with van der Waals surface area (Å²) in [5.74, 6) is 0.788. The van der Waals surface area contributed by atoms with Crippen molar-refractivity contribution >= 4 is 16.6 Å². The Labute approximate surface area is 114 Å². The molecule has 0 saturated carbocycles. The lowest BCUT2D eigenvalue weighted by Crippen LogP contribution is -2.04. The van der Waals surface area contributed by atoms with Crippen molar-refractivity contribution in [3.63, 3.8) is 0 Å². The SMILES string of the molecule is CCc1nccn1-c1ccc2ncccc2c1[N+](=O)[O-]. The number of hydrogen-bond acceptors (Lipinski definition) is 4. The van der Waals surface area contributed by atoms with Gasteiger partial charge in [-0.2, -0.15) is 0 Å². The quantitative estimate of drug-likeness (QED) is 0.540. The maximum Gasteiger partial charge on any atom is 0.302 e. The molecule has 0 aliphatic heterocycles. The van der Waals surface area contributed by atoms with E-state index in [9.17, 15) is 10.1 Å². The smallest absolute Gasteiger partial charge is 0.298 e. The maximum absolute atomic E-state index is 11.5. The van der Waals surface area contributed by atoms with Crippen LogP contribution in [0, 0.1) is 10.1 Å². The lowest BCUT2D eigenvalue weighted by Gasteiger charge is -2.09. The molecule has 0 amide bonds. The molecule has 0 bridgehead atoms. The van der Waals surface area contributed by atoms with Crippen molar-refractivity contribution in [1.82, 2.24) is 14.5 Å². The average Bonchev–Trinajstić information content (AvgIpc) is 2.94. The number of hydrogen-bond donors (Lipinski definition) is 0. The number of imidazole rings is 1. The van der Waals surface area contributed by atoms with E-state index in [4.69, 9.17) is 0 Å². The van der Waals surface area contributed by atoms with Crippen molar-refractivity contribution in [2.45, 2.75) is 13.3 Å². The van der Waals surface area contributed by atoms with Crippen molar-refractivity contribution in [3.8, 4) is 5.69 Å². The highest BCUT2D eigenvalue weighted by Crippen LogP contribution is 2.31. The number of rotatable bonds is 3. The van der Waals surface area contributed by atoms with Gasteiger partial charge in [-0.1, -0.05) is 6.92 Å². The Bertz CT molecular complexity index is 795. The Kier molecular flexibility index (Phi) is 2.90. The molecule has 3 aromatic rings. The molecule has 0 spiro atoms. The van der Waals surface area contributed by atoms with Gasteiger partial charge in [0.15, 0.2) is 0 Å². The first kappa shape index (κ1) is 12.3. The predicted molar refractivity (Wildman–Crippen MR) is 74.9 cm³/mol. The van der Waals surface area contributed by atoms with E-state index in [1.807, 2.05) is 6.92 Å². The van der Waals surface area contributed by atoms with Gasteiger partial charge < -0.3 is 0 Å². The van der Waals surface area contributed by atoms with E-state index < -0.39 is 0 Å². The van der Waals surface area contributed by atoms with Gasteiger partial charge in [0.05, 0.1) is 15.8 Å². The monoisotopic (exact) mass is 268 g/mol. The molecule has 100 valence electrons. The first-order chi connectivity index (χ1) is 9.72. The number of aromatic nitrogens is 3. The molecule has 20 heavy (non-hydrogen) atoms. The molecular formula is C14H12N4O2. The van der Waals surface area contributed by atoms with Crippen LogP contribution >= 0.6 is 0 Å². The fourth-order valence-electron chi connectivity index (χ4n) is 2.33. The van der Waals surface area contributed by atoms with Crippen LogP contribution in [-0.2, 0) is 6.42 Å². The zero-order chi connectivity index (χ0) is 14.1. The summed E-state index contributed by atoms with van der Waals surface area (Å²) in [6.45, 7) is 1.97. The van der Waals surface area contributed by atoms with Crippen LogP contribution in [0.3, 0.4) is 0 Å². The topological polar surface area (TPSA) is 73.8 Å². The number of fused-ring (bicyclic) bond motifs is 1. The third kappa shape index (κ3) is 1.82. The molecule has 0 aliphatic rings. The molecule has 0 fully saturated rings. The van der Waals surface area contributed by atoms with E-state index in [0.717, 1.165) is 5.82 Å². The normalized spacial score (nSPS) is 10.8. The van der Waals surface area contributed by atoms with Crippen LogP contribution in [0.2, 0.25) is 0 Å². The Balaban J connectivity index is 2.36. The third-order valence-corrected chi connectivity index (χ3v) is 3.21. The molecule has 6 heteroatoms. The fourth-order valence-corrected chi connectivity index (χ4v) is 2.33. The summed E-state index contributed by atoms with van der Waals surface area (Å²) in [7, 11) is 0. The van der Waals surface area contributed by atoms with Crippen LogP contribution in [0.25, 0.3) is 16.6 Å². The summed E-state index contributed by atoms with van der Waals surface area (Å²) in [6, 6.07) is 6.92. The van der Waals surface area contributed by atoms with E-state index in [-0.39, 0.29) is 10.6 Å². The highest BCUT2D eigenvalue weighted by Gasteiger charge is 2.21. The summed E-state index contributed by atoms with van der Waals surface area (Å²) in [6.07, 6.45) is 5.72. The maximum atomic E-state index is 11.5. The van der Waals surface area contributed by atoms with Crippen molar-refractivity contribution < 1.29 is 4.92 Å². The van der Waals surface area contributed by atoms with E-state index >= 15 is 0 Å². The predicted octanol–water partition coefficient (Wildman–Crippen LogP) is 2.89. The fraction of sp³-hybridized carbons (Fsp3) is 0.143. The minimum absolute atomic E-state index is 0.0586. The van der Waals surface area contributed by atoms with E-state index in [2.05, 4.69) is 9.97 Å². The molecule has 0 unspecified atom stereocenters. The van der Waals surface area contributed by atoms with Crippen LogP contribution in [-0.4, -0.2) is 19.5 Å². The van der Waals surface area contributed by atoms with E-state index in [1.54, 1.807) is 47.4 Å². The van der Waals surface area contributed by atoms with Gasteiger partial charge in [0, 0.05) is 25.0 Å². The van der Waals surface area contributed by atoms with E-state index in [0.29, 0.717) is 23.0 Å². The molecule has 0 radical (unpaired) electrons. The van der Waals surface area contributed by atoms with E-state index in [1.165, 1.54) is 0 Å². The molecule has 0 saturated heterocycles. The molecule has 6 nitrogen and oxygen atoms in total. The third-order valence-electron chi connectivity index (χ3n) is 3.21. The van der Waals surface area contributed by atoms with Crippen LogP contribution in [0.5, 0.6) is 0 Å². The second kappa shape index (κ2) is 4.73. The second-order valence-electron chi connectivity index (χ2n) is 4.33. The molecule has 3 rings (SSSR count). The van der Waals surface area contributed by atoms with Gasteiger partial charge in [-0.05, 0) is 24.3 Å². The number of nitro groups is 1. The zero-order valence-corrected chi connectivity index (χ0v) is 10.9. The Hall–Kier alpha value is -2.76. The standard InChI is InChI=1S/C14H12N4O2/c1-2-13-16-8-9-17(13)12-6-5-11-10(4-3-7-15-11)14(12)18(19)20/h3-9H,2H2,1H3. The number of nitro benzene ring substituents is 1. The summed E-state index contributed by atoms with van der Waals surface area (Å²) < 4.78 is 1.75. The van der Waals surface area contributed by atoms with Crippen LogP contribution in [0.4, 0.5) is 5.69 Å². The van der Waals surface area contributed by atoms with Gasteiger partial charge in [0.2, 0.25) is 0 Å². The molecular weight excluding hydrogens is 256 g/mol. The Morgan fingerprint density at radius 2 is 2.10 bits per heavy atom. The van der Waals surface area contributed by atoms with Crippen LogP contribution < -0.4 is 0 Å². The lowest BCUT2D eigenvalue weighted by atomic mass is 10.1. The number of benzene rings is 1. The lowest BCUT2D eigenvalue weighted by molar-refractivity contribution is -0.382. The molecule has 0 N–H and O–H groups in total. The van der Waals surface area contributed by atoms with Crippen molar-refractivity contribution in [2.75, 3.05) is 0 Å². The summed E-state index contributed by atoms with van der Waals surface area (Å²) >= 11 is 0. The number of nitrogens with zero attached hydrogens (tertiary/aromatic N) is 4. The van der Waals surface area contributed by atoms with Crippen LogP contribution in [0.1, 0.15) is 12.7 Å². The van der Waals surface area contributed by atoms with Gasteiger partial charge in [0.25, 0.3) is 0 Å². The minimum atomic E-state index is -0.362. The van der Waals surface area contributed by atoms with Crippen LogP contribution in [0.15, 0.2) is 42.9 Å². The Morgan fingerprint density at radius 1 is 1.25 bits per heavy atom. The molecule has 1 aromatic carbocycles. The number of aryl methyl sites for hydroxylation is 1. The molecule has 2 heterocycles. The molecule has 0 atom stereocenters. The summed E-state index contributed by atoms with van der Waals surface area (Å²) in [5, 5.41) is 12.0. The average molecular weight is 268 g/mol. The first-order valence-electron chi connectivity index (χ1n) is 6.27. The van der Waals surface area contributed by atoms with Gasteiger partial charge >= 0.3 is 5.69 Å². The van der Waals surface area contributed by atoms with Crippen molar-refractivity contribution in [2.24, 2.45) is 0 Å². The first-order valence-corrected chi connectivity index (χ1v) is 6.27.